The van der Waals surface area contributed by atoms with Crippen molar-refractivity contribution >= 4 is 34.5 Å². The van der Waals surface area contributed by atoms with Crippen LogP contribution in [0.2, 0.25) is 0 Å². The van der Waals surface area contributed by atoms with Gasteiger partial charge in [0.05, 0.1) is 0 Å². The molecule has 0 spiro atoms. The highest BCUT2D eigenvalue weighted by Gasteiger charge is 2.43. The number of aromatic amines is 1. The number of hydrogen-bond donors (Lipinski definition) is 3. The molecule has 2 aromatic rings. The molecule has 1 amide bonds. The Bertz CT molecular complexity index is 747. The molecule has 0 radical (unpaired) electrons. The fourth-order valence-corrected chi connectivity index (χ4v) is 4.29. The van der Waals surface area contributed by atoms with Crippen molar-refractivity contribution in [2.75, 3.05) is 11.5 Å². The first-order valence-corrected chi connectivity index (χ1v) is 8.84. The molecule has 3 N–H and O–H groups in total. The predicted octanol–water partition coefficient (Wildman–Crippen LogP) is 2.49. The second-order valence-corrected chi connectivity index (χ2v) is 7.21. The number of aryl methyl sites for hydroxylation is 2. The van der Waals surface area contributed by atoms with Gasteiger partial charge >= 0.3 is 5.97 Å². The SMILES string of the molecule is Cc1ccc2[nH]cc(CCC(=O)NC3(C(=O)O)CCSC3)c2c1. The van der Waals surface area contributed by atoms with E-state index in [0.717, 1.165) is 22.2 Å². The van der Waals surface area contributed by atoms with Crippen LogP contribution in [0, 0.1) is 6.92 Å². The molecular formula is C17H20N2O3S. The highest BCUT2D eigenvalue weighted by atomic mass is 32.2. The second-order valence-electron chi connectivity index (χ2n) is 6.10. The van der Waals surface area contributed by atoms with Crippen molar-refractivity contribution in [3.63, 3.8) is 0 Å². The molecule has 0 saturated carbocycles. The largest absolute Gasteiger partial charge is 0.479 e. The molecule has 23 heavy (non-hydrogen) atoms. The van der Waals surface area contributed by atoms with Crippen LogP contribution in [0.25, 0.3) is 10.9 Å². The normalized spacial score (nSPS) is 20.7. The van der Waals surface area contributed by atoms with Crippen molar-refractivity contribution in [3.8, 4) is 0 Å². The average Bonchev–Trinajstić information content (AvgIpc) is 3.12. The standard InChI is InChI=1S/C17H20N2O3S/c1-11-2-4-14-13(8-11)12(9-18-14)3-5-15(20)19-17(16(21)22)6-7-23-10-17/h2,4,8-9,18H,3,5-7,10H2,1H3,(H,19,20)(H,21,22). The van der Waals surface area contributed by atoms with Crippen LogP contribution >= 0.6 is 11.8 Å². The summed E-state index contributed by atoms with van der Waals surface area (Å²) >= 11 is 1.57. The molecule has 1 aromatic heterocycles. The van der Waals surface area contributed by atoms with Gasteiger partial charge in [0.25, 0.3) is 0 Å². The maximum Gasteiger partial charge on any atom is 0.330 e. The molecule has 0 bridgehead atoms. The van der Waals surface area contributed by atoms with Gasteiger partial charge in [-0.05, 0) is 43.2 Å². The van der Waals surface area contributed by atoms with Gasteiger partial charge in [-0.3, -0.25) is 4.79 Å². The number of carbonyl (C=O) groups is 2. The minimum absolute atomic E-state index is 0.197. The number of amides is 1. The van der Waals surface area contributed by atoms with Gasteiger partial charge in [-0.2, -0.15) is 11.8 Å². The number of hydrogen-bond acceptors (Lipinski definition) is 3. The van der Waals surface area contributed by atoms with E-state index in [1.807, 2.05) is 25.3 Å². The molecule has 1 aliphatic heterocycles. The predicted molar refractivity (Wildman–Crippen MR) is 91.8 cm³/mol. The molecule has 2 heterocycles. The minimum Gasteiger partial charge on any atom is -0.479 e. The number of H-pyrrole nitrogens is 1. The number of carboxylic acid groups (broad SMARTS) is 1. The van der Waals surface area contributed by atoms with Gasteiger partial charge in [0.2, 0.25) is 5.91 Å². The Hall–Kier alpha value is -1.95. The van der Waals surface area contributed by atoms with Crippen LogP contribution < -0.4 is 5.32 Å². The lowest BCUT2D eigenvalue weighted by Gasteiger charge is -2.24. The van der Waals surface area contributed by atoms with Crippen molar-refractivity contribution in [1.82, 2.24) is 10.3 Å². The van der Waals surface area contributed by atoms with Crippen molar-refractivity contribution in [1.29, 1.82) is 0 Å². The third-order valence-electron chi connectivity index (χ3n) is 4.35. The lowest BCUT2D eigenvalue weighted by molar-refractivity contribution is -0.146. The summed E-state index contributed by atoms with van der Waals surface area (Å²) in [5.74, 6) is 0.0877. The molecule has 1 unspecified atom stereocenters. The fourth-order valence-electron chi connectivity index (χ4n) is 2.96. The van der Waals surface area contributed by atoms with E-state index < -0.39 is 11.5 Å². The lowest BCUT2D eigenvalue weighted by atomic mass is 9.98. The van der Waals surface area contributed by atoms with Gasteiger partial charge in [0.1, 0.15) is 5.54 Å². The van der Waals surface area contributed by atoms with E-state index in [1.54, 1.807) is 11.8 Å². The van der Waals surface area contributed by atoms with Crippen molar-refractivity contribution in [2.24, 2.45) is 0 Å². The average molecular weight is 332 g/mol. The van der Waals surface area contributed by atoms with Gasteiger partial charge in [0.15, 0.2) is 0 Å². The van der Waals surface area contributed by atoms with Gasteiger partial charge in [0, 0.05) is 29.3 Å². The molecule has 1 aromatic carbocycles. The van der Waals surface area contributed by atoms with Crippen molar-refractivity contribution < 1.29 is 14.7 Å². The Morgan fingerprint density at radius 1 is 1.43 bits per heavy atom. The Morgan fingerprint density at radius 2 is 2.26 bits per heavy atom. The molecule has 1 fully saturated rings. The maximum atomic E-state index is 12.2. The van der Waals surface area contributed by atoms with E-state index in [2.05, 4.69) is 16.4 Å². The topological polar surface area (TPSA) is 82.2 Å². The smallest absolute Gasteiger partial charge is 0.330 e. The number of carbonyl (C=O) groups excluding carboxylic acids is 1. The molecule has 5 nitrogen and oxygen atoms in total. The monoisotopic (exact) mass is 332 g/mol. The second kappa shape index (κ2) is 6.28. The molecule has 1 aliphatic rings. The molecule has 122 valence electrons. The summed E-state index contributed by atoms with van der Waals surface area (Å²) in [4.78, 5) is 26.9. The first-order chi connectivity index (χ1) is 11.0. The molecule has 3 rings (SSSR count). The Kier molecular flexibility index (Phi) is 4.35. The van der Waals surface area contributed by atoms with Gasteiger partial charge in [-0.25, -0.2) is 4.79 Å². The first-order valence-electron chi connectivity index (χ1n) is 7.69. The minimum atomic E-state index is -1.08. The summed E-state index contributed by atoms with van der Waals surface area (Å²) < 4.78 is 0. The van der Waals surface area contributed by atoms with Crippen LogP contribution in [-0.4, -0.2) is 39.0 Å². The number of aliphatic carboxylic acids is 1. The van der Waals surface area contributed by atoms with E-state index in [-0.39, 0.29) is 5.91 Å². The zero-order chi connectivity index (χ0) is 16.4. The number of carboxylic acids is 1. The third kappa shape index (κ3) is 3.22. The van der Waals surface area contributed by atoms with Crippen LogP contribution in [0.1, 0.15) is 24.0 Å². The number of fused-ring (bicyclic) bond motifs is 1. The van der Waals surface area contributed by atoms with Crippen LogP contribution in [0.15, 0.2) is 24.4 Å². The quantitative estimate of drug-likeness (QED) is 0.785. The zero-order valence-corrected chi connectivity index (χ0v) is 13.8. The molecular weight excluding hydrogens is 312 g/mol. The van der Waals surface area contributed by atoms with E-state index in [9.17, 15) is 14.7 Å². The number of nitrogens with one attached hydrogen (secondary N) is 2. The Morgan fingerprint density at radius 3 is 2.96 bits per heavy atom. The van der Waals surface area contributed by atoms with Crippen LogP contribution in [0.5, 0.6) is 0 Å². The Balaban J connectivity index is 1.66. The molecule has 1 saturated heterocycles. The number of thioether (sulfide) groups is 1. The number of aromatic nitrogens is 1. The van der Waals surface area contributed by atoms with Crippen LogP contribution in [-0.2, 0) is 16.0 Å². The maximum absolute atomic E-state index is 12.2. The van der Waals surface area contributed by atoms with Gasteiger partial charge in [-0.15, -0.1) is 0 Å². The molecule has 1 atom stereocenters. The summed E-state index contributed by atoms with van der Waals surface area (Å²) in [5.41, 5.74) is 2.23. The summed E-state index contributed by atoms with van der Waals surface area (Å²) in [7, 11) is 0. The fraction of sp³-hybridized carbons (Fsp3) is 0.412. The van der Waals surface area contributed by atoms with Crippen LogP contribution in [0.4, 0.5) is 0 Å². The summed E-state index contributed by atoms with van der Waals surface area (Å²) in [6, 6.07) is 6.18. The highest BCUT2D eigenvalue weighted by Crippen LogP contribution is 2.28. The third-order valence-corrected chi connectivity index (χ3v) is 5.54. The summed E-state index contributed by atoms with van der Waals surface area (Å²) in [6.07, 6.45) is 3.31. The van der Waals surface area contributed by atoms with Crippen molar-refractivity contribution in [2.45, 2.75) is 31.7 Å². The van der Waals surface area contributed by atoms with E-state index >= 15 is 0 Å². The number of benzene rings is 1. The van der Waals surface area contributed by atoms with Gasteiger partial charge in [-0.1, -0.05) is 11.6 Å². The van der Waals surface area contributed by atoms with Crippen LogP contribution in [0.3, 0.4) is 0 Å². The Labute approximate surface area is 138 Å². The number of rotatable bonds is 5. The summed E-state index contributed by atoms with van der Waals surface area (Å²) in [6.45, 7) is 2.04. The molecule has 6 heteroatoms. The van der Waals surface area contributed by atoms with E-state index in [4.69, 9.17) is 0 Å². The highest BCUT2D eigenvalue weighted by molar-refractivity contribution is 7.99. The first kappa shape index (κ1) is 15.9. The lowest BCUT2D eigenvalue weighted by Crippen LogP contribution is -2.54. The zero-order valence-electron chi connectivity index (χ0n) is 13.0. The summed E-state index contributed by atoms with van der Waals surface area (Å²) in [5, 5.41) is 13.3. The van der Waals surface area contributed by atoms with E-state index in [1.165, 1.54) is 5.56 Å². The van der Waals surface area contributed by atoms with Gasteiger partial charge < -0.3 is 15.4 Å². The van der Waals surface area contributed by atoms with E-state index in [0.29, 0.717) is 25.0 Å². The van der Waals surface area contributed by atoms with Crippen molar-refractivity contribution in [3.05, 3.63) is 35.5 Å². The molecule has 0 aliphatic carbocycles.